The van der Waals surface area contributed by atoms with Crippen LogP contribution in [0.15, 0.2) is 0 Å². The molecule has 0 fully saturated rings. The van der Waals surface area contributed by atoms with Crippen molar-refractivity contribution in [2.75, 3.05) is 18.9 Å². The average Bonchev–Trinajstić information content (AvgIpc) is 1.70. The summed E-state index contributed by atoms with van der Waals surface area (Å²) in [4.78, 5) is 51.6. The molecule has 0 aromatic carbocycles. The Morgan fingerprint density at radius 1 is 0.579 bits per heavy atom. The fourth-order valence-electron chi connectivity index (χ4n) is 0.916. The standard InChI is InChI=1S/C3H12NO9P3.3Na/c5-14(6,7)1-4(2-15(8,9)10)3-16(11,12)13;;;/h1-3H2,(H2,5,6,7)(H2,8,9,10)(H2,11,12,13);;;. The Balaban J connectivity index is -0.000000375. The molecule has 19 heavy (non-hydrogen) atoms. The predicted molar refractivity (Wildman–Crippen MR) is 69.8 cm³/mol. The molecule has 0 amide bonds. The van der Waals surface area contributed by atoms with E-state index in [0.29, 0.717) is 4.90 Å². The van der Waals surface area contributed by atoms with Gasteiger partial charge in [0.1, 0.15) is 18.9 Å². The maximum absolute atomic E-state index is 10.6. The first-order valence-corrected chi connectivity index (χ1v) is 9.04. The van der Waals surface area contributed by atoms with Crippen LogP contribution in [-0.4, -0.2) is 142 Å². The summed E-state index contributed by atoms with van der Waals surface area (Å²) in [7, 11) is -14.0. The van der Waals surface area contributed by atoms with Gasteiger partial charge in [-0.15, -0.1) is 0 Å². The molecule has 0 spiro atoms. The summed E-state index contributed by atoms with van der Waals surface area (Å²) in [6.07, 6.45) is -3.41. The van der Waals surface area contributed by atoms with E-state index in [1.54, 1.807) is 0 Å². The molecule has 16 heteroatoms. The van der Waals surface area contributed by atoms with Crippen molar-refractivity contribution < 1.29 is 43.1 Å². The number of hydrogen-bond donors (Lipinski definition) is 6. The van der Waals surface area contributed by atoms with Gasteiger partial charge in [0, 0.05) is 88.7 Å². The van der Waals surface area contributed by atoms with Crippen LogP contribution in [0.1, 0.15) is 0 Å². The summed E-state index contributed by atoms with van der Waals surface area (Å²) < 4.78 is 31.7. The van der Waals surface area contributed by atoms with Gasteiger partial charge in [0.25, 0.3) is 0 Å². The SMILES string of the molecule is O=P(O)(O)CN(CP(=O)(O)O)CP(=O)(O)O.[Na].[Na].[Na]. The van der Waals surface area contributed by atoms with Gasteiger partial charge in [0.05, 0.1) is 0 Å². The summed E-state index contributed by atoms with van der Waals surface area (Å²) in [6.45, 7) is 0. The van der Waals surface area contributed by atoms with Gasteiger partial charge in [-0.2, -0.15) is 0 Å². The van der Waals surface area contributed by atoms with Crippen molar-refractivity contribution in [2.45, 2.75) is 0 Å². The van der Waals surface area contributed by atoms with Crippen molar-refractivity contribution in [3.63, 3.8) is 0 Å². The van der Waals surface area contributed by atoms with Gasteiger partial charge in [0.15, 0.2) is 0 Å². The van der Waals surface area contributed by atoms with Gasteiger partial charge >= 0.3 is 22.8 Å². The minimum absolute atomic E-state index is 0. The van der Waals surface area contributed by atoms with Crippen LogP contribution in [-0.2, 0) is 13.7 Å². The van der Waals surface area contributed by atoms with Gasteiger partial charge in [0.2, 0.25) is 0 Å². The molecule has 10 nitrogen and oxygen atoms in total. The van der Waals surface area contributed by atoms with Crippen molar-refractivity contribution in [3.8, 4) is 0 Å². The molecule has 0 saturated carbocycles. The maximum Gasteiger partial charge on any atom is 0.339 e. The molecule has 0 saturated heterocycles. The summed E-state index contributed by atoms with van der Waals surface area (Å²) >= 11 is 0. The third-order valence-electron chi connectivity index (χ3n) is 1.15. The van der Waals surface area contributed by atoms with Crippen LogP contribution in [0.5, 0.6) is 0 Å². The first kappa shape index (κ1) is 30.3. The first-order valence-electron chi connectivity index (χ1n) is 3.65. The van der Waals surface area contributed by atoms with E-state index in [1.165, 1.54) is 0 Å². The topological polar surface area (TPSA) is 176 Å². The van der Waals surface area contributed by atoms with Gasteiger partial charge in [-0.1, -0.05) is 0 Å². The molecule has 0 bridgehead atoms. The second-order valence-corrected chi connectivity index (χ2v) is 7.93. The zero-order valence-corrected chi connectivity index (χ0v) is 19.5. The largest absolute Gasteiger partial charge is 0.339 e. The third kappa shape index (κ3) is 23.8. The number of hydrogen-bond acceptors (Lipinski definition) is 4. The first-order chi connectivity index (χ1) is 6.79. The minimum Gasteiger partial charge on any atom is -0.324 e. The molecular weight excluding hydrogens is 356 g/mol. The summed E-state index contributed by atoms with van der Waals surface area (Å²) in [5, 5.41) is 0. The van der Waals surface area contributed by atoms with Crippen LogP contribution in [0, 0.1) is 0 Å². The molecule has 0 rings (SSSR count). The van der Waals surface area contributed by atoms with E-state index in [9.17, 15) is 13.7 Å². The van der Waals surface area contributed by atoms with Gasteiger partial charge in [-0.05, 0) is 0 Å². The van der Waals surface area contributed by atoms with Crippen LogP contribution in [0.25, 0.3) is 0 Å². The Hall–Kier alpha value is 3.41. The fraction of sp³-hybridized carbons (Fsp3) is 1.00. The molecule has 101 valence electrons. The van der Waals surface area contributed by atoms with Crippen LogP contribution in [0.4, 0.5) is 0 Å². The summed E-state index contributed by atoms with van der Waals surface area (Å²) in [5.74, 6) is 0. The molecular formula is C3H12NNa3O9P3. The van der Waals surface area contributed by atoms with E-state index >= 15 is 0 Å². The van der Waals surface area contributed by atoms with E-state index in [-0.39, 0.29) is 88.7 Å². The molecule has 0 atom stereocenters. The molecule has 0 aromatic rings. The predicted octanol–water partition coefficient (Wildman–Crippen LogP) is -2.45. The quantitative estimate of drug-likeness (QED) is 0.218. The van der Waals surface area contributed by atoms with E-state index < -0.39 is 41.6 Å². The molecule has 0 aliphatic heterocycles. The zero-order valence-electron chi connectivity index (χ0n) is 10.8. The molecule has 0 heterocycles. The Labute approximate surface area is 176 Å². The van der Waals surface area contributed by atoms with E-state index in [4.69, 9.17) is 29.4 Å². The smallest absolute Gasteiger partial charge is 0.324 e. The van der Waals surface area contributed by atoms with Crippen molar-refractivity contribution in [1.82, 2.24) is 4.90 Å². The summed E-state index contributed by atoms with van der Waals surface area (Å²) in [6, 6.07) is 0. The molecule has 0 aromatic heterocycles. The van der Waals surface area contributed by atoms with Crippen LogP contribution >= 0.6 is 22.8 Å². The maximum atomic E-state index is 10.6. The van der Waals surface area contributed by atoms with Crippen LogP contribution in [0.2, 0.25) is 0 Å². The fourth-order valence-corrected chi connectivity index (χ4v) is 3.55. The third-order valence-corrected chi connectivity index (χ3v) is 3.46. The Bertz CT molecular complexity index is 317. The zero-order chi connectivity index (χ0) is 13.2. The van der Waals surface area contributed by atoms with Gasteiger partial charge < -0.3 is 29.4 Å². The van der Waals surface area contributed by atoms with Crippen molar-refractivity contribution in [1.29, 1.82) is 0 Å². The van der Waals surface area contributed by atoms with Gasteiger partial charge in [-0.3, -0.25) is 18.6 Å². The molecule has 0 aliphatic rings. The minimum atomic E-state index is -4.65. The summed E-state index contributed by atoms with van der Waals surface area (Å²) in [5.41, 5.74) is 0. The Morgan fingerprint density at radius 3 is 0.842 bits per heavy atom. The van der Waals surface area contributed by atoms with Gasteiger partial charge in [-0.25, -0.2) is 0 Å². The van der Waals surface area contributed by atoms with Crippen molar-refractivity contribution in [3.05, 3.63) is 0 Å². The second-order valence-electron chi connectivity index (χ2n) is 3.09. The number of rotatable bonds is 6. The number of nitrogens with zero attached hydrogens (tertiary/aromatic N) is 1. The Morgan fingerprint density at radius 2 is 0.737 bits per heavy atom. The van der Waals surface area contributed by atoms with Crippen molar-refractivity contribution in [2.24, 2.45) is 0 Å². The van der Waals surface area contributed by atoms with E-state index in [2.05, 4.69) is 0 Å². The average molecular weight is 368 g/mol. The molecule has 0 aliphatic carbocycles. The van der Waals surface area contributed by atoms with E-state index in [0.717, 1.165) is 0 Å². The Kier molecular flexibility index (Phi) is 18.9. The van der Waals surface area contributed by atoms with Crippen molar-refractivity contribution >= 4 is 111 Å². The normalized spacial score (nSPS) is 12.2. The van der Waals surface area contributed by atoms with E-state index in [1.807, 2.05) is 0 Å². The van der Waals surface area contributed by atoms with Crippen LogP contribution < -0.4 is 0 Å². The molecule has 6 N–H and O–H groups in total. The van der Waals surface area contributed by atoms with Crippen LogP contribution in [0.3, 0.4) is 0 Å². The molecule has 3 radical (unpaired) electrons. The second kappa shape index (κ2) is 11.9. The monoisotopic (exact) mass is 368 g/mol. The molecule has 0 unspecified atom stereocenters.